The van der Waals surface area contributed by atoms with Gasteiger partial charge in [0.05, 0.1) is 13.2 Å². The van der Waals surface area contributed by atoms with E-state index in [9.17, 15) is 30.0 Å². The van der Waals surface area contributed by atoms with Crippen LogP contribution in [0.4, 0.5) is 0 Å². The third-order valence-electron chi connectivity index (χ3n) is 7.14. The molecule has 236 valence electrons. The average Bonchev–Trinajstić information content (AvgIpc) is 2.95. The van der Waals surface area contributed by atoms with Crippen LogP contribution in [0, 0.1) is 6.92 Å². The van der Waals surface area contributed by atoms with Gasteiger partial charge in [-0.25, -0.2) is 0 Å². The molecule has 0 bridgehead atoms. The minimum atomic E-state index is -1.59. The zero-order chi connectivity index (χ0) is 29.6. The first kappa shape index (κ1) is 36.7. The smallest absolute Gasteiger partial charge is 0.306 e. The van der Waals surface area contributed by atoms with Crippen molar-refractivity contribution in [2.24, 2.45) is 0 Å². The Morgan fingerprint density at radius 2 is 1.30 bits per heavy atom. The molecule has 10 nitrogen and oxygen atoms in total. The van der Waals surface area contributed by atoms with Gasteiger partial charge >= 0.3 is 11.9 Å². The zero-order valence-electron chi connectivity index (χ0n) is 24.6. The number of esters is 2. The van der Waals surface area contributed by atoms with Gasteiger partial charge in [0.15, 0.2) is 12.4 Å². The Hall–Kier alpha value is -1.30. The van der Waals surface area contributed by atoms with Crippen molar-refractivity contribution < 1.29 is 49.0 Å². The quantitative estimate of drug-likeness (QED) is 0.0761. The van der Waals surface area contributed by atoms with Crippen molar-refractivity contribution in [3.8, 4) is 0 Å². The highest BCUT2D eigenvalue weighted by Crippen LogP contribution is 2.22. The molecule has 4 N–H and O–H groups in total. The fourth-order valence-electron chi connectivity index (χ4n) is 4.58. The van der Waals surface area contributed by atoms with E-state index in [1.165, 1.54) is 32.1 Å². The predicted molar refractivity (Wildman–Crippen MR) is 150 cm³/mol. The monoisotopic (exact) mass is 575 g/mol. The standard InChI is InChI=1S/C30H55O10/c1-3-5-7-9-10-11-12-13-15-17-19-26(33)39-23(21-37-25(32)18-16-14-8-6-4-2)22-38-30-29(36)28(35)27(34)24(20-31)40-30/h23-24,27-31,34-36H,1,3-22H2,2H3/q-1/t23-,24-,27+,28+,29-,30-/m1/s1. The number of carbonyl (C=O) groups excluding carboxylic acids is 2. The second-order valence-electron chi connectivity index (χ2n) is 10.8. The van der Waals surface area contributed by atoms with Gasteiger partial charge in [0.2, 0.25) is 0 Å². The SMILES string of the molecule is [CH2-]CCCCCCCCCCCC(=O)O[C@H](COC(=O)CCCCCCC)CO[C@@H]1O[C@H](CO)[C@H](O)[C@H](O)[C@H]1O. The fourth-order valence-corrected chi connectivity index (χ4v) is 4.58. The van der Waals surface area contributed by atoms with Crippen LogP contribution in [0.3, 0.4) is 0 Å². The van der Waals surface area contributed by atoms with Crippen molar-refractivity contribution in [1.29, 1.82) is 0 Å². The highest BCUT2D eigenvalue weighted by molar-refractivity contribution is 5.70. The molecular weight excluding hydrogens is 520 g/mol. The summed E-state index contributed by atoms with van der Waals surface area (Å²) in [6, 6.07) is 0. The van der Waals surface area contributed by atoms with Crippen LogP contribution >= 0.6 is 0 Å². The van der Waals surface area contributed by atoms with Crippen LogP contribution in [0.5, 0.6) is 0 Å². The van der Waals surface area contributed by atoms with Crippen LogP contribution in [0.25, 0.3) is 0 Å². The molecule has 40 heavy (non-hydrogen) atoms. The summed E-state index contributed by atoms with van der Waals surface area (Å²) in [6.45, 7) is 4.91. The maximum atomic E-state index is 12.5. The highest BCUT2D eigenvalue weighted by atomic mass is 16.7. The van der Waals surface area contributed by atoms with Gasteiger partial charge in [-0.2, -0.15) is 6.42 Å². The minimum Gasteiger partial charge on any atom is -0.462 e. The van der Waals surface area contributed by atoms with Gasteiger partial charge in [-0.1, -0.05) is 84.0 Å². The van der Waals surface area contributed by atoms with Gasteiger partial charge in [0, 0.05) is 12.8 Å². The topological polar surface area (TPSA) is 152 Å². The first-order chi connectivity index (χ1) is 19.3. The summed E-state index contributed by atoms with van der Waals surface area (Å²) >= 11 is 0. The van der Waals surface area contributed by atoms with E-state index in [0.717, 1.165) is 57.8 Å². The largest absolute Gasteiger partial charge is 0.462 e. The Bertz CT molecular complexity index is 644. The lowest BCUT2D eigenvalue weighted by Crippen LogP contribution is -2.59. The van der Waals surface area contributed by atoms with E-state index in [2.05, 4.69) is 13.8 Å². The molecule has 0 aromatic carbocycles. The highest BCUT2D eigenvalue weighted by Gasteiger charge is 2.44. The van der Waals surface area contributed by atoms with Gasteiger partial charge in [0.25, 0.3) is 0 Å². The number of carbonyl (C=O) groups is 2. The number of unbranched alkanes of at least 4 members (excludes halogenated alkanes) is 13. The molecule has 1 saturated heterocycles. The predicted octanol–water partition coefficient (Wildman–Crippen LogP) is 3.74. The first-order valence-electron chi connectivity index (χ1n) is 15.4. The molecule has 0 radical (unpaired) electrons. The van der Waals surface area contributed by atoms with E-state index in [0.29, 0.717) is 6.42 Å². The number of ether oxygens (including phenoxy) is 4. The molecular formula is C30H55O10-. The lowest BCUT2D eigenvalue weighted by atomic mass is 9.99. The Balaban J connectivity index is 2.48. The van der Waals surface area contributed by atoms with Gasteiger partial charge in [-0.3, -0.25) is 9.59 Å². The lowest BCUT2D eigenvalue weighted by molar-refractivity contribution is -0.305. The van der Waals surface area contributed by atoms with Gasteiger partial charge in [-0.05, 0) is 12.8 Å². The molecule has 0 aliphatic carbocycles. The van der Waals surface area contributed by atoms with E-state index < -0.39 is 55.4 Å². The van der Waals surface area contributed by atoms with Crippen LogP contribution in [0.15, 0.2) is 0 Å². The van der Waals surface area contributed by atoms with Crippen molar-refractivity contribution in [1.82, 2.24) is 0 Å². The second-order valence-corrected chi connectivity index (χ2v) is 10.8. The molecule has 0 amide bonds. The molecule has 1 aliphatic heterocycles. The maximum Gasteiger partial charge on any atom is 0.306 e. The van der Waals surface area contributed by atoms with E-state index in [1.54, 1.807) is 0 Å². The van der Waals surface area contributed by atoms with Crippen molar-refractivity contribution in [3.63, 3.8) is 0 Å². The number of hydrogen-bond acceptors (Lipinski definition) is 10. The summed E-state index contributed by atoms with van der Waals surface area (Å²) in [7, 11) is 0. The molecule has 0 unspecified atom stereocenters. The molecule has 10 heteroatoms. The lowest BCUT2D eigenvalue weighted by Gasteiger charge is -2.39. The number of rotatable bonds is 24. The molecule has 1 rings (SSSR count). The summed E-state index contributed by atoms with van der Waals surface area (Å²) in [5.41, 5.74) is 0. The Morgan fingerprint density at radius 1 is 0.750 bits per heavy atom. The maximum absolute atomic E-state index is 12.5. The molecule has 0 spiro atoms. The van der Waals surface area contributed by atoms with Crippen LogP contribution in [-0.2, 0) is 28.5 Å². The molecule has 1 fully saturated rings. The summed E-state index contributed by atoms with van der Waals surface area (Å²) < 4.78 is 21.8. The van der Waals surface area contributed by atoms with Gasteiger partial charge < -0.3 is 46.3 Å². The summed E-state index contributed by atoms with van der Waals surface area (Å²) in [6.07, 6.45) is 8.28. The molecule has 6 atom stereocenters. The summed E-state index contributed by atoms with van der Waals surface area (Å²) in [4.78, 5) is 24.7. The Labute approximate surface area is 240 Å². The normalized spacial score (nSPS) is 23.6. The zero-order valence-corrected chi connectivity index (χ0v) is 24.6. The fraction of sp³-hybridized carbons (Fsp3) is 0.900. The third kappa shape index (κ3) is 16.2. The second kappa shape index (κ2) is 23.3. The van der Waals surface area contributed by atoms with E-state index in [1.807, 2.05) is 0 Å². The van der Waals surface area contributed by atoms with Crippen molar-refractivity contribution in [3.05, 3.63) is 6.92 Å². The van der Waals surface area contributed by atoms with Crippen molar-refractivity contribution in [2.75, 3.05) is 19.8 Å². The van der Waals surface area contributed by atoms with Crippen LogP contribution in [0.1, 0.15) is 116 Å². The van der Waals surface area contributed by atoms with Crippen LogP contribution in [-0.4, -0.2) is 89.0 Å². The number of hydrogen-bond donors (Lipinski definition) is 4. The number of aliphatic hydroxyl groups excluding tert-OH is 4. The molecule has 1 aliphatic rings. The molecule has 0 aromatic heterocycles. The summed E-state index contributed by atoms with van der Waals surface area (Å²) in [5.74, 6) is -0.831. The van der Waals surface area contributed by atoms with Crippen LogP contribution in [0.2, 0.25) is 0 Å². The minimum absolute atomic E-state index is 0.217. The number of aliphatic hydroxyl groups is 4. The Kier molecular flexibility index (Phi) is 21.4. The van der Waals surface area contributed by atoms with Gasteiger partial charge in [0.1, 0.15) is 31.0 Å². The van der Waals surface area contributed by atoms with E-state index in [-0.39, 0.29) is 26.1 Å². The van der Waals surface area contributed by atoms with Gasteiger partial charge in [-0.15, -0.1) is 0 Å². The Morgan fingerprint density at radius 3 is 1.88 bits per heavy atom. The third-order valence-corrected chi connectivity index (χ3v) is 7.14. The summed E-state index contributed by atoms with van der Waals surface area (Å²) in [5, 5.41) is 39.5. The van der Waals surface area contributed by atoms with Crippen molar-refractivity contribution >= 4 is 11.9 Å². The first-order valence-corrected chi connectivity index (χ1v) is 15.4. The molecule has 1 heterocycles. The van der Waals surface area contributed by atoms with Crippen molar-refractivity contribution in [2.45, 2.75) is 153 Å². The molecule has 0 saturated carbocycles. The van der Waals surface area contributed by atoms with E-state index >= 15 is 0 Å². The average molecular weight is 576 g/mol. The van der Waals surface area contributed by atoms with Crippen LogP contribution < -0.4 is 0 Å². The molecule has 0 aromatic rings. The van der Waals surface area contributed by atoms with E-state index in [4.69, 9.17) is 18.9 Å².